The first kappa shape index (κ1) is 12.4. The standard InChI is InChI=1S/C12H13N5O3/c1-12(8-16-5-2-4-13-16)10(18)17(11(19)14-12)7-9-3-6-20-15-9/h2-6H,7-8H2,1H3,(H,14,19). The molecule has 8 nitrogen and oxygen atoms in total. The van der Waals surface area contributed by atoms with Crippen LogP contribution in [-0.2, 0) is 17.9 Å². The van der Waals surface area contributed by atoms with Gasteiger partial charge in [0, 0.05) is 18.5 Å². The minimum absolute atomic E-state index is 0.0931. The van der Waals surface area contributed by atoms with Crippen molar-refractivity contribution in [2.24, 2.45) is 0 Å². The minimum atomic E-state index is -1.01. The first-order chi connectivity index (χ1) is 9.58. The van der Waals surface area contributed by atoms with Crippen molar-refractivity contribution in [2.45, 2.75) is 25.6 Å². The second-order valence-electron chi connectivity index (χ2n) is 4.85. The summed E-state index contributed by atoms with van der Waals surface area (Å²) in [4.78, 5) is 25.5. The molecule has 1 aliphatic rings. The normalized spacial score (nSPS) is 22.4. The van der Waals surface area contributed by atoms with Crippen molar-refractivity contribution in [2.75, 3.05) is 0 Å². The maximum Gasteiger partial charge on any atom is 0.325 e. The number of aromatic nitrogens is 3. The number of hydrogen-bond acceptors (Lipinski definition) is 5. The Hall–Kier alpha value is -2.64. The summed E-state index contributed by atoms with van der Waals surface area (Å²) in [7, 11) is 0. The van der Waals surface area contributed by atoms with E-state index in [1.807, 2.05) is 0 Å². The summed E-state index contributed by atoms with van der Waals surface area (Å²) in [5.41, 5.74) is -0.482. The average molecular weight is 275 g/mol. The molecule has 0 aromatic carbocycles. The fourth-order valence-corrected chi connectivity index (χ4v) is 2.20. The number of imide groups is 1. The largest absolute Gasteiger partial charge is 0.364 e. The van der Waals surface area contributed by atoms with Gasteiger partial charge in [-0.15, -0.1) is 0 Å². The SMILES string of the molecule is CC1(Cn2cccn2)NC(=O)N(Cc2ccon2)C1=O. The van der Waals surface area contributed by atoms with E-state index in [1.165, 1.54) is 6.26 Å². The third kappa shape index (κ3) is 2.04. The highest BCUT2D eigenvalue weighted by Gasteiger charge is 2.48. The molecular formula is C12H13N5O3. The van der Waals surface area contributed by atoms with Gasteiger partial charge in [-0.3, -0.25) is 14.4 Å². The van der Waals surface area contributed by atoms with E-state index in [1.54, 1.807) is 36.1 Å². The van der Waals surface area contributed by atoms with E-state index in [-0.39, 0.29) is 19.0 Å². The highest BCUT2D eigenvalue weighted by molar-refractivity contribution is 6.06. The van der Waals surface area contributed by atoms with Gasteiger partial charge in [-0.2, -0.15) is 5.10 Å². The Morgan fingerprint density at radius 3 is 2.95 bits per heavy atom. The van der Waals surface area contributed by atoms with Gasteiger partial charge in [0.25, 0.3) is 5.91 Å². The van der Waals surface area contributed by atoms with E-state index in [2.05, 4.69) is 15.6 Å². The van der Waals surface area contributed by atoms with Gasteiger partial charge < -0.3 is 9.84 Å². The van der Waals surface area contributed by atoms with Gasteiger partial charge in [-0.05, 0) is 13.0 Å². The number of amides is 3. The molecule has 0 radical (unpaired) electrons. The topological polar surface area (TPSA) is 93.3 Å². The van der Waals surface area contributed by atoms with Gasteiger partial charge in [-0.25, -0.2) is 4.79 Å². The Bertz CT molecular complexity index is 622. The summed E-state index contributed by atoms with van der Waals surface area (Å²) in [6, 6.07) is 2.94. The summed E-state index contributed by atoms with van der Waals surface area (Å²) in [6.45, 7) is 2.05. The van der Waals surface area contributed by atoms with Crippen LogP contribution >= 0.6 is 0 Å². The Kier molecular flexibility index (Phi) is 2.78. The van der Waals surface area contributed by atoms with Crippen molar-refractivity contribution in [3.63, 3.8) is 0 Å². The lowest BCUT2D eigenvalue weighted by Gasteiger charge is -2.21. The predicted molar refractivity (Wildman–Crippen MR) is 66.2 cm³/mol. The van der Waals surface area contributed by atoms with E-state index in [4.69, 9.17) is 4.52 Å². The van der Waals surface area contributed by atoms with Gasteiger partial charge >= 0.3 is 6.03 Å². The van der Waals surface area contributed by atoms with Crippen molar-refractivity contribution in [1.82, 2.24) is 25.2 Å². The third-order valence-electron chi connectivity index (χ3n) is 3.19. The molecule has 1 atom stereocenters. The van der Waals surface area contributed by atoms with Gasteiger partial charge in [0.05, 0.1) is 13.1 Å². The highest BCUT2D eigenvalue weighted by atomic mass is 16.5. The lowest BCUT2D eigenvalue weighted by atomic mass is 10.0. The minimum Gasteiger partial charge on any atom is -0.364 e. The lowest BCUT2D eigenvalue weighted by molar-refractivity contribution is -0.131. The Labute approximate surface area is 114 Å². The van der Waals surface area contributed by atoms with Crippen LogP contribution in [0, 0.1) is 0 Å². The summed E-state index contributed by atoms with van der Waals surface area (Å²) in [5.74, 6) is -0.305. The van der Waals surface area contributed by atoms with Crippen LogP contribution in [0.15, 0.2) is 35.3 Å². The van der Waals surface area contributed by atoms with Crippen LogP contribution in [0.25, 0.3) is 0 Å². The molecule has 2 aromatic heterocycles. The van der Waals surface area contributed by atoms with Crippen molar-refractivity contribution in [3.8, 4) is 0 Å². The molecule has 3 amide bonds. The fourth-order valence-electron chi connectivity index (χ4n) is 2.20. The quantitative estimate of drug-likeness (QED) is 0.814. The molecule has 0 saturated carbocycles. The second-order valence-corrected chi connectivity index (χ2v) is 4.85. The molecule has 3 heterocycles. The molecule has 1 fully saturated rings. The van der Waals surface area contributed by atoms with E-state index < -0.39 is 11.6 Å². The Balaban J connectivity index is 1.78. The zero-order chi connectivity index (χ0) is 14.2. The van der Waals surface area contributed by atoms with Crippen LogP contribution in [0.3, 0.4) is 0 Å². The molecule has 1 N–H and O–H groups in total. The van der Waals surface area contributed by atoms with Gasteiger partial charge in [0.15, 0.2) is 0 Å². The van der Waals surface area contributed by atoms with Crippen molar-refractivity contribution in [3.05, 3.63) is 36.5 Å². The number of carbonyl (C=O) groups is 2. The highest BCUT2D eigenvalue weighted by Crippen LogP contribution is 2.21. The molecule has 104 valence electrons. The molecule has 1 unspecified atom stereocenters. The summed E-state index contributed by atoms with van der Waals surface area (Å²) >= 11 is 0. The number of nitrogens with one attached hydrogen (secondary N) is 1. The number of urea groups is 1. The second kappa shape index (κ2) is 4.48. The summed E-state index contributed by atoms with van der Waals surface area (Å²) in [5, 5.41) is 10.5. The summed E-state index contributed by atoms with van der Waals surface area (Å²) < 4.78 is 6.31. The predicted octanol–water partition coefficient (Wildman–Crippen LogP) is 0.382. The number of carbonyl (C=O) groups excluding carboxylic acids is 2. The van der Waals surface area contributed by atoms with Crippen LogP contribution in [0.4, 0.5) is 4.79 Å². The molecule has 0 bridgehead atoms. The van der Waals surface area contributed by atoms with Gasteiger partial charge in [0.2, 0.25) is 0 Å². The average Bonchev–Trinajstić information content (AvgIpc) is 3.10. The van der Waals surface area contributed by atoms with Gasteiger partial charge in [-0.1, -0.05) is 5.16 Å². The van der Waals surface area contributed by atoms with E-state index in [9.17, 15) is 9.59 Å². The van der Waals surface area contributed by atoms with Crippen molar-refractivity contribution in [1.29, 1.82) is 0 Å². The maximum atomic E-state index is 12.4. The van der Waals surface area contributed by atoms with E-state index in [0.717, 1.165) is 4.90 Å². The molecule has 8 heteroatoms. The lowest BCUT2D eigenvalue weighted by Crippen LogP contribution is -2.47. The maximum absolute atomic E-state index is 12.4. The van der Waals surface area contributed by atoms with Crippen LogP contribution in [0.1, 0.15) is 12.6 Å². The number of hydrogen-bond donors (Lipinski definition) is 1. The first-order valence-corrected chi connectivity index (χ1v) is 6.09. The van der Waals surface area contributed by atoms with Crippen LogP contribution < -0.4 is 5.32 Å². The molecule has 0 spiro atoms. The molecule has 0 aliphatic carbocycles. The van der Waals surface area contributed by atoms with Crippen LogP contribution in [0.2, 0.25) is 0 Å². The third-order valence-corrected chi connectivity index (χ3v) is 3.19. The van der Waals surface area contributed by atoms with Crippen LogP contribution in [0.5, 0.6) is 0 Å². The smallest absolute Gasteiger partial charge is 0.325 e. The monoisotopic (exact) mass is 275 g/mol. The zero-order valence-corrected chi connectivity index (χ0v) is 10.8. The van der Waals surface area contributed by atoms with Crippen molar-refractivity contribution < 1.29 is 14.1 Å². The molecule has 1 saturated heterocycles. The number of nitrogens with zero attached hydrogens (tertiary/aromatic N) is 4. The molecule has 20 heavy (non-hydrogen) atoms. The summed E-state index contributed by atoms with van der Waals surface area (Å²) in [6.07, 6.45) is 4.76. The zero-order valence-electron chi connectivity index (χ0n) is 10.8. The fraction of sp³-hybridized carbons (Fsp3) is 0.333. The first-order valence-electron chi connectivity index (χ1n) is 6.09. The Morgan fingerprint density at radius 2 is 2.30 bits per heavy atom. The molecule has 2 aromatic rings. The van der Waals surface area contributed by atoms with Crippen LogP contribution in [-0.4, -0.2) is 37.3 Å². The molecular weight excluding hydrogens is 262 g/mol. The van der Waals surface area contributed by atoms with E-state index in [0.29, 0.717) is 5.69 Å². The van der Waals surface area contributed by atoms with E-state index >= 15 is 0 Å². The Morgan fingerprint density at radius 1 is 1.45 bits per heavy atom. The van der Waals surface area contributed by atoms with Crippen molar-refractivity contribution >= 4 is 11.9 Å². The number of rotatable bonds is 4. The molecule has 3 rings (SSSR count). The molecule has 1 aliphatic heterocycles. The van der Waals surface area contributed by atoms with Gasteiger partial charge in [0.1, 0.15) is 17.5 Å².